The Balaban J connectivity index is 0.00000144. The largest absolute Gasteiger partial charge is 0.509 e. The van der Waals surface area contributed by atoms with E-state index in [9.17, 15) is 8.78 Å². The van der Waals surface area contributed by atoms with Crippen molar-refractivity contribution in [2.24, 2.45) is 0 Å². The minimum Gasteiger partial charge on any atom is -0.509 e. The second-order valence-corrected chi connectivity index (χ2v) is 3.92. The zero-order valence-corrected chi connectivity index (χ0v) is 8.93. The Morgan fingerprint density at radius 1 is 1.00 bits per heavy atom. The summed E-state index contributed by atoms with van der Waals surface area (Å²) in [5.74, 6) is -2.55. The Hall–Kier alpha value is -1.64. The van der Waals surface area contributed by atoms with Gasteiger partial charge in [-0.2, -0.15) is 0 Å². The minimum atomic E-state index is -1.12. The number of allylic oxidation sites excluding steroid dienone is 4. The predicted molar refractivity (Wildman–Crippen MR) is 65.9 cm³/mol. The van der Waals surface area contributed by atoms with Crippen molar-refractivity contribution < 1.29 is 13.9 Å². The lowest BCUT2D eigenvalue weighted by Crippen LogP contribution is -2.00. The van der Waals surface area contributed by atoms with Crippen LogP contribution in [0.4, 0.5) is 8.78 Å². The molecule has 1 N–H and O–H groups in total. The highest BCUT2D eigenvalue weighted by Gasteiger charge is 2.22. The summed E-state index contributed by atoms with van der Waals surface area (Å²) in [5.41, 5.74) is 2.07. The molecule has 1 aliphatic rings. The molecule has 0 bridgehead atoms. The monoisotopic (exact) mass is 238 g/mol. The number of aryl methyl sites for hydroxylation is 1. The molecule has 0 radical (unpaired) electrons. The first-order valence-corrected chi connectivity index (χ1v) is 5.13. The lowest BCUT2D eigenvalue weighted by Gasteiger charge is -2.15. The molecule has 1 aromatic rings. The van der Waals surface area contributed by atoms with E-state index in [1.54, 1.807) is 12.1 Å². The fourth-order valence-corrected chi connectivity index (χ4v) is 1.75. The van der Waals surface area contributed by atoms with Crippen LogP contribution >= 0.6 is 0 Å². The summed E-state index contributed by atoms with van der Waals surface area (Å²) in [6, 6.07) is 7.23. The molecule has 0 spiro atoms. The summed E-state index contributed by atoms with van der Waals surface area (Å²) >= 11 is 0. The maximum Gasteiger partial charge on any atom is 0.196 e. The van der Waals surface area contributed by atoms with E-state index in [2.05, 4.69) is 0 Å². The Bertz CT molecular complexity index is 470. The van der Waals surface area contributed by atoms with E-state index in [1.165, 1.54) is 0 Å². The van der Waals surface area contributed by atoms with Gasteiger partial charge in [-0.3, -0.25) is 0 Å². The van der Waals surface area contributed by atoms with Gasteiger partial charge in [-0.1, -0.05) is 37.3 Å². The lowest BCUT2D eigenvalue weighted by atomic mass is 9.94. The molecule has 3 heteroatoms. The van der Waals surface area contributed by atoms with Gasteiger partial charge < -0.3 is 5.11 Å². The second-order valence-electron chi connectivity index (χ2n) is 3.92. The molecule has 1 nitrogen and oxygen atoms in total. The van der Waals surface area contributed by atoms with Gasteiger partial charge in [-0.05, 0) is 24.5 Å². The molecule has 0 atom stereocenters. The third-order valence-electron chi connectivity index (χ3n) is 2.72. The lowest BCUT2D eigenvalue weighted by molar-refractivity contribution is 0.349. The van der Waals surface area contributed by atoms with Gasteiger partial charge >= 0.3 is 0 Å². The first-order valence-electron chi connectivity index (χ1n) is 5.13. The van der Waals surface area contributed by atoms with Crippen molar-refractivity contribution in [3.8, 4) is 0 Å². The number of benzene rings is 1. The molecule has 0 unspecified atom stereocenters. The summed E-state index contributed by atoms with van der Waals surface area (Å²) in [6.45, 7) is 1.93. The fraction of sp³-hybridized carbons (Fsp3) is 0.286. The molecular weight excluding hydrogens is 222 g/mol. The van der Waals surface area contributed by atoms with E-state index in [-0.39, 0.29) is 13.8 Å². The van der Waals surface area contributed by atoms with Crippen LogP contribution in [0.3, 0.4) is 0 Å². The fourth-order valence-electron chi connectivity index (χ4n) is 1.75. The van der Waals surface area contributed by atoms with Crippen LogP contribution in [0.25, 0.3) is 5.57 Å². The molecule has 17 heavy (non-hydrogen) atoms. The molecule has 0 saturated heterocycles. The third-order valence-corrected chi connectivity index (χ3v) is 2.72. The highest BCUT2D eigenvalue weighted by molar-refractivity contribution is 5.71. The molecule has 92 valence electrons. The smallest absolute Gasteiger partial charge is 0.196 e. The first kappa shape index (κ1) is 13.4. The van der Waals surface area contributed by atoms with Crippen LogP contribution in [0.15, 0.2) is 41.7 Å². The SMILES string of the molecule is C.Cc1ccc(C2=C(F)C(F)=C(O)CC2)cc1. The zero-order valence-electron chi connectivity index (χ0n) is 8.93. The van der Waals surface area contributed by atoms with Crippen LogP contribution in [0, 0.1) is 6.92 Å². The summed E-state index contributed by atoms with van der Waals surface area (Å²) in [5, 5.41) is 9.09. The molecule has 0 saturated carbocycles. The second kappa shape index (κ2) is 5.13. The van der Waals surface area contributed by atoms with Crippen LogP contribution in [0.5, 0.6) is 0 Å². The van der Waals surface area contributed by atoms with Crippen LogP contribution < -0.4 is 0 Å². The Morgan fingerprint density at radius 3 is 2.18 bits per heavy atom. The molecule has 0 fully saturated rings. The highest BCUT2D eigenvalue weighted by Crippen LogP contribution is 2.36. The van der Waals surface area contributed by atoms with E-state index in [1.807, 2.05) is 19.1 Å². The summed E-state index contributed by atoms with van der Waals surface area (Å²) in [6.07, 6.45) is 0.483. The van der Waals surface area contributed by atoms with Gasteiger partial charge in [0.2, 0.25) is 0 Å². The van der Waals surface area contributed by atoms with Crippen molar-refractivity contribution in [2.75, 3.05) is 0 Å². The summed E-state index contributed by atoms with van der Waals surface area (Å²) in [4.78, 5) is 0. The maximum atomic E-state index is 13.6. The van der Waals surface area contributed by atoms with Crippen molar-refractivity contribution in [1.29, 1.82) is 0 Å². The summed E-state index contributed by atoms with van der Waals surface area (Å²) < 4.78 is 26.7. The molecule has 1 aromatic carbocycles. The topological polar surface area (TPSA) is 20.2 Å². The number of aliphatic hydroxyl groups is 1. The minimum absolute atomic E-state index is 0. The average molecular weight is 238 g/mol. The quantitative estimate of drug-likeness (QED) is 0.741. The predicted octanol–water partition coefficient (Wildman–Crippen LogP) is 4.84. The molecule has 2 rings (SSSR count). The molecule has 0 aromatic heterocycles. The number of rotatable bonds is 1. The van der Waals surface area contributed by atoms with Gasteiger partial charge in [0.25, 0.3) is 0 Å². The van der Waals surface area contributed by atoms with E-state index in [4.69, 9.17) is 5.11 Å². The molecular formula is C14H16F2O. The van der Waals surface area contributed by atoms with Gasteiger partial charge in [0, 0.05) is 6.42 Å². The number of hydrogen-bond donors (Lipinski definition) is 1. The van der Waals surface area contributed by atoms with Crippen LogP contribution in [0.1, 0.15) is 31.4 Å². The summed E-state index contributed by atoms with van der Waals surface area (Å²) in [7, 11) is 0. The van der Waals surface area contributed by atoms with Crippen LogP contribution in [-0.4, -0.2) is 5.11 Å². The molecule has 0 amide bonds. The van der Waals surface area contributed by atoms with E-state index >= 15 is 0 Å². The Morgan fingerprint density at radius 2 is 1.59 bits per heavy atom. The van der Waals surface area contributed by atoms with E-state index in [0.29, 0.717) is 17.6 Å². The first-order chi connectivity index (χ1) is 7.59. The van der Waals surface area contributed by atoms with E-state index < -0.39 is 17.4 Å². The van der Waals surface area contributed by atoms with Gasteiger partial charge in [-0.15, -0.1) is 0 Å². The van der Waals surface area contributed by atoms with Crippen molar-refractivity contribution >= 4 is 5.57 Å². The highest BCUT2D eigenvalue weighted by atomic mass is 19.2. The number of hydrogen-bond acceptors (Lipinski definition) is 1. The normalized spacial score (nSPS) is 15.9. The Labute approximate surface area is 100 Å². The van der Waals surface area contributed by atoms with Gasteiger partial charge in [0.15, 0.2) is 11.7 Å². The number of aliphatic hydroxyl groups excluding tert-OH is 1. The van der Waals surface area contributed by atoms with Crippen molar-refractivity contribution in [2.45, 2.75) is 27.2 Å². The van der Waals surface area contributed by atoms with Crippen molar-refractivity contribution in [3.05, 3.63) is 52.8 Å². The average Bonchev–Trinajstić information content (AvgIpc) is 2.28. The van der Waals surface area contributed by atoms with Gasteiger partial charge in [0.05, 0.1) is 0 Å². The van der Waals surface area contributed by atoms with E-state index in [0.717, 1.165) is 5.56 Å². The third kappa shape index (κ3) is 2.54. The Kier molecular flexibility index (Phi) is 4.05. The standard InChI is InChI=1S/C13H12F2O.CH4/c1-8-2-4-9(5-3-8)10-6-7-11(16)13(15)12(10)14;/h2-5,16H,6-7H2,1H3;1H4. The van der Waals surface area contributed by atoms with Crippen LogP contribution in [0.2, 0.25) is 0 Å². The van der Waals surface area contributed by atoms with Crippen molar-refractivity contribution in [1.82, 2.24) is 0 Å². The molecule has 1 aliphatic carbocycles. The maximum absolute atomic E-state index is 13.6. The van der Waals surface area contributed by atoms with Gasteiger partial charge in [0.1, 0.15) is 5.76 Å². The molecule has 0 aliphatic heterocycles. The number of halogens is 2. The van der Waals surface area contributed by atoms with Crippen LogP contribution in [-0.2, 0) is 0 Å². The molecule has 0 heterocycles. The van der Waals surface area contributed by atoms with Gasteiger partial charge in [-0.25, -0.2) is 8.78 Å². The zero-order chi connectivity index (χ0) is 11.7. The van der Waals surface area contributed by atoms with Crippen molar-refractivity contribution in [3.63, 3.8) is 0 Å².